The van der Waals surface area contributed by atoms with Crippen LogP contribution in [0.3, 0.4) is 0 Å². The molecule has 4 heteroatoms. The van der Waals surface area contributed by atoms with E-state index in [0.717, 1.165) is 38.4 Å². The van der Waals surface area contributed by atoms with E-state index in [1.54, 1.807) is 0 Å². The average molecular weight is 276 g/mol. The van der Waals surface area contributed by atoms with Crippen LogP contribution in [0.25, 0.3) is 0 Å². The molecule has 1 amide bonds. The molecule has 1 saturated heterocycles. The highest BCUT2D eigenvalue weighted by atomic mass is 16.5. The zero-order chi connectivity index (χ0) is 14.4. The molecule has 1 fully saturated rings. The zero-order valence-corrected chi connectivity index (χ0v) is 12.4. The molecule has 1 aliphatic rings. The van der Waals surface area contributed by atoms with Crippen LogP contribution in [0, 0.1) is 0 Å². The van der Waals surface area contributed by atoms with Crippen molar-refractivity contribution in [1.29, 1.82) is 0 Å². The molecule has 0 bridgehead atoms. The summed E-state index contributed by atoms with van der Waals surface area (Å²) < 4.78 is 5.36. The van der Waals surface area contributed by atoms with Crippen molar-refractivity contribution in [3.05, 3.63) is 35.4 Å². The Morgan fingerprint density at radius 3 is 2.70 bits per heavy atom. The number of rotatable bonds is 5. The molecule has 1 heterocycles. The van der Waals surface area contributed by atoms with Crippen molar-refractivity contribution in [3.8, 4) is 0 Å². The molecule has 0 atom stereocenters. The Morgan fingerprint density at radius 1 is 1.30 bits per heavy atom. The van der Waals surface area contributed by atoms with Gasteiger partial charge in [-0.05, 0) is 25.0 Å². The number of amides is 1. The predicted molar refractivity (Wildman–Crippen MR) is 79.5 cm³/mol. The summed E-state index contributed by atoms with van der Waals surface area (Å²) in [5.41, 5.74) is 2.34. The maximum Gasteiger partial charge on any atom is 0.224 e. The fourth-order valence-electron chi connectivity index (χ4n) is 2.41. The Bertz CT molecular complexity index is 440. The van der Waals surface area contributed by atoms with Crippen molar-refractivity contribution >= 4 is 5.91 Å². The van der Waals surface area contributed by atoms with E-state index < -0.39 is 0 Å². The largest absolute Gasteiger partial charge is 0.379 e. The fourth-order valence-corrected chi connectivity index (χ4v) is 2.41. The lowest BCUT2D eigenvalue weighted by atomic mass is 10.1. The van der Waals surface area contributed by atoms with Crippen molar-refractivity contribution in [3.63, 3.8) is 0 Å². The number of nitrogens with one attached hydrogen (secondary N) is 1. The molecule has 0 unspecified atom stereocenters. The van der Waals surface area contributed by atoms with Gasteiger partial charge >= 0.3 is 0 Å². The third-order valence-electron chi connectivity index (χ3n) is 3.32. The van der Waals surface area contributed by atoms with Gasteiger partial charge in [0, 0.05) is 25.7 Å². The molecule has 1 aliphatic heterocycles. The van der Waals surface area contributed by atoms with E-state index in [9.17, 15) is 4.79 Å². The van der Waals surface area contributed by atoms with Crippen LogP contribution in [-0.2, 0) is 22.5 Å². The number of hydrogen-bond acceptors (Lipinski definition) is 3. The van der Waals surface area contributed by atoms with Crippen LogP contribution in [0.2, 0.25) is 0 Å². The Morgan fingerprint density at radius 2 is 2.00 bits per heavy atom. The van der Waals surface area contributed by atoms with Crippen LogP contribution in [0.4, 0.5) is 0 Å². The molecule has 0 spiro atoms. The van der Waals surface area contributed by atoms with Crippen molar-refractivity contribution in [1.82, 2.24) is 10.2 Å². The normalized spacial score (nSPS) is 16.4. The number of carbonyl (C=O) groups is 1. The second kappa shape index (κ2) is 7.41. The zero-order valence-electron chi connectivity index (χ0n) is 12.4. The molecule has 20 heavy (non-hydrogen) atoms. The summed E-state index contributed by atoms with van der Waals surface area (Å²) in [6.45, 7) is 8.49. The van der Waals surface area contributed by atoms with Crippen LogP contribution >= 0.6 is 0 Å². The third kappa shape index (κ3) is 4.94. The van der Waals surface area contributed by atoms with Crippen LogP contribution < -0.4 is 5.32 Å². The number of nitrogens with zero attached hydrogens (tertiary/aromatic N) is 1. The maximum atomic E-state index is 11.8. The molecule has 0 aromatic heterocycles. The number of benzene rings is 1. The highest BCUT2D eigenvalue weighted by molar-refractivity contribution is 5.78. The topological polar surface area (TPSA) is 41.6 Å². The average Bonchev–Trinajstić information content (AvgIpc) is 2.39. The monoisotopic (exact) mass is 276 g/mol. The van der Waals surface area contributed by atoms with Crippen LogP contribution in [0.5, 0.6) is 0 Å². The van der Waals surface area contributed by atoms with E-state index >= 15 is 0 Å². The molecular formula is C16H24N2O2. The van der Waals surface area contributed by atoms with E-state index in [1.165, 1.54) is 5.56 Å². The van der Waals surface area contributed by atoms with Gasteiger partial charge in [0.05, 0.1) is 19.6 Å². The minimum atomic E-state index is 0.0866. The van der Waals surface area contributed by atoms with Gasteiger partial charge in [-0.1, -0.05) is 24.3 Å². The lowest BCUT2D eigenvalue weighted by Gasteiger charge is -2.26. The molecule has 1 N–H and O–H groups in total. The summed E-state index contributed by atoms with van der Waals surface area (Å²) >= 11 is 0. The molecule has 0 aliphatic carbocycles. The molecule has 0 saturated carbocycles. The first-order valence-electron chi connectivity index (χ1n) is 7.31. The highest BCUT2D eigenvalue weighted by Gasteiger charge is 2.11. The Labute approximate surface area is 121 Å². The Kier molecular flexibility index (Phi) is 5.56. The van der Waals surface area contributed by atoms with Crippen molar-refractivity contribution < 1.29 is 9.53 Å². The standard InChI is InChI=1S/C16H24N2O2/c1-13(2)17-16(19)11-14-4-3-5-15(10-14)12-18-6-8-20-9-7-18/h3-5,10,13H,6-9,11-12H2,1-2H3,(H,17,19). The van der Waals surface area contributed by atoms with Gasteiger partial charge in [0.25, 0.3) is 0 Å². The smallest absolute Gasteiger partial charge is 0.224 e. The minimum absolute atomic E-state index is 0.0866. The quantitative estimate of drug-likeness (QED) is 0.888. The Balaban J connectivity index is 1.91. The summed E-state index contributed by atoms with van der Waals surface area (Å²) in [5, 5.41) is 2.93. The van der Waals surface area contributed by atoms with Crippen molar-refractivity contribution in [2.24, 2.45) is 0 Å². The number of carbonyl (C=O) groups excluding carboxylic acids is 1. The second-order valence-electron chi connectivity index (χ2n) is 5.61. The van der Waals surface area contributed by atoms with Gasteiger partial charge in [0.2, 0.25) is 5.91 Å². The van der Waals surface area contributed by atoms with Crippen molar-refractivity contribution in [2.45, 2.75) is 32.9 Å². The van der Waals surface area contributed by atoms with Crippen LogP contribution in [0.1, 0.15) is 25.0 Å². The van der Waals surface area contributed by atoms with E-state index in [1.807, 2.05) is 26.0 Å². The van der Waals surface area contributed by atoms with E-state index in [-0.39, 0.29) is 11.9 Å². The number of morpholine rings is 1. The van der Waals surface area contributed by atoms with Crippen molar-refractivity contribution in [2.75, 3.05) is 26.3 Å². The molecular weight excluding hydrogens is 252 g/mol. The summed E-state index contributed by atoms with van der Waals surface area (Å²) in [5.74, 6) is 0.0866. The highest BCUT2D eigenvalue weighted by Crippen LogP contribution is 2.10. The number of hydrogen-bond donors (Lipinski definition) is 1. The van der Waals surface area contributed by atoms with Gasteiger partial charge in [0.1, 0.15) is 0 Å². The van der Waals surface area contributed by atoms with E-state index in [2.05, 4.69) is 22.3 Å². The lowest BCUT2D eigenvalue weighted by Crippen LogP contribution is -2.35. The third-order valence-corrected chi connectivity index (χ3v) is 3.32. The summed E-state index contributed by atoms with van der Waals surface area (Å²) in [6.07, 6.45) is 0.454. The van der Waals surface area contributed by atoms with Gasteiger partial charge in [-0.15, -0.1) is 0 Å². The first-order valence-corrected chi connectivity index (χ1v) is 7.31. The van der Waals surface area contributed by atoms with Gasteiger partial charge in [-0.2, -0.15) is 0 Å². The molecule has 0 radical (unpaired) electrons. The molecule has 110 valence electrons. The van der Waals surface area contributed by atoms with Crippen LogP contribution in [-0.4, -0.2) is 43.2 Å². The Hall–Kier alpha value is -1.39. The minimum Gasteiger partial charge on any atom is -0.379 e. The van der Waals surface area contributed by atoms with Gasteiger partial charge < -0.3 is 10.1 Å². The molecule has 1 aromatic carbocycles. The van der Waals surface area contributed by atoms with Crippen LogP contribution in [0.15, 0.2) is 24.3 Å². The predicted octanol–water partition coefficient (Wildman–Crippen LogP) is 1.59. The number of ether oxygens (including phenoxy) is 1. The maximum absolute atomic E-state index is 11.8. The molecule has 1 aromatic rings. The molecule has 2 rings (SSSR count). The fraction of sp³-hybridized carbons (Fsp3) is 0.562. The SMILES string of the molecule is CC(C)NC(=O)Cc1cccc(CN2CCOCC2)c1. The first kappa shape index (κ1) is 15.0. The first-order chi connectivity index (χ1) is 9.63. The summed E-state index contributed by atoms with van der Waals surface area (Å²) in [6, 6.07) is 8.50. The van der Waals surface area contributed by atoms with E-state index in [4.69, 9.17) is 4.74 Å². The van der Waals surface area contributed by atoms with Gasteiger partial charge in [0.15, 0.2) is 0 Å². The second-order valence-corrected chi connectivity index (χ2v) is 5.61. The molecule has 4 nitrogen and oxygen atoms in total. The van der Waals surface area contributed by atoms with Gasteiger partial charge in [-0.3, -0.25) is 9.69 Å². The summed E-state index contributed by atoms with van der Waals surface area (Å²) in [4.78, 5) is 14.2. The summed E-state index contributed by atoms with van der Waals surface area (Å²) in [7, 11) is 0. The lowest BCUT2D eigenvalue weighted by molar-refractivity contribution is -0.120. The van der Waals surface area contributed by atoms with Gasteiger partial charge in [-0.25, -0.2) is 0 Å². The van der Waals surface area contributed by atoms with E-state index in [0.29, 0.717) is 6.42 Å².